The molecule has 0 bridgehead atoms. The van der Waals surface area contributed by atoms with Crippen molar-refractivity contribution in [1.82, 2.24) is 0 Å². The second kappa shape index (κ2) is 6.28. The highest BCUT2D eigenvalue weighted by Crippen LogP contribution is 2.27. The number of nitrogens with two attached hydrogens (primary N) is 2. The summed E-state index contributed by atoms with van der Waals surface area (Å²) < 4.78 is 22.2. The first-order valence-electron chi connectivity index (χ1n) is 5.50. The number of thioether (sulfide) groups is 1. The van der Waals surface area contributed by atoms with Gasteiger partial charge in [-0.15, -0.1) is 11.8 Å². The molecule has 0 amide bonds. The van der Waals surface area contributed by atoms with Gasteiger partial charge in [-0.25, -0.2) is 13.6 Å². The zero-order chi connectivity index (χ0) is 12.9. The monoisotopic (exact) mass is 274 g/mol. The number of unbranched alkanes of at least 4 members (excludes halogenated alkanes) is 2. The van der Waals surface area contributed by atoms with Gasteiger partial charge in [-0.3, -0.25) is 0 Å². The number of nitrogen functional groups attached to an aromatic ring is 1. The summed E-state index contributed by atoms with van der Waals surface area (Å²) in [6.45, 7) is 2.15. The largest absolute Gasteiger partial charge is 0.398 e. The summed E-state index contributed by atoms with van der Waals surface area (Å²) in [5.74, 6) is 0.993. The summed E-state index contributed by atoms with van der Waals surface area (Å²) in [5.41, 5.74) is 6.26. The van der Waals surface area contributed by atoms with Crippen LogP contribution in [0.3, 0.4) is 0 Å². The molecule has 0 aromatic heterocycles. The maximum atomic E-state index is 11.1. The van der Waals surface area contributed by atoms with E-state index in [0.717, 1.165) is 17.1 Å². The first-order valence-corrected chi connectivity index (χ1v) is 8.03. The zero-order valence-electron chi connectivity index (χ0n) is 9.85. The fourth-order valence-corrected chi connectivity index (χ4v) is 2.88. The second-order valence-corrected chi connectivity index (χ2v) is 6.50. The van der Waals surface area contributed by atoms with E-state index in [1.165, 1.54) is 25.0 Å². The summed E-state index contributed by atoms with van der Waals surface area (Å²) in [6, 6.07) is 4.62. The Balaban J connectivity index is 2.70. The van der Waals surface area contributed by atoms with E-state index >= 15 is 0 Å². The molecule has 0 saturated carbocycles. The lowest BCUT2D eigenvalue weighted by Gasteiger charge is -2.06. The lowest BCUT2D eigenvalue weighted by atomic mass is 10.3. The first kappa shape index (κ1) is 14.3. The summed E-state index contributed by atoms with van der Waals surface area (Å²) in [5, 5.41) is 5.03. The topological polar surface area (TPSA) is 86.2 Å². The van der Waals surface area contributed by atoms with Gasteiger partial charge >= 0.3 is 0 Å². The molecule has 17 heavy (non-hydrogen) atoms. The van der Waals surface area contributed by atoms with Crippen LogP contribution in [0, 0.1) is 0 Å². The van der Waals surface area contributed by atoms with Gasteiger partial charge in [0.2, 0.25) is 10.0 Å². The molecule has 1 rings (SSSR count). The molecule has 0 aliphatic heterocycles. The molecule has 0 aliphatic rings. The number of primary sulfonamides is 1. The minimum atomic E-state index is -3.66. The van der Waals surface area contributed by atoms with Gasteiger partial charge in [-0.1, -0.05) is 19.8 Å². The average molecular weight is 274 g/mol. The molecule has 0 radical (unpaired) electrons. The summed E-state index contributed by atoms with van der Waals surface area (Å²) in [7, 11) is -3.66. The van der Waals surface area contributed by atoms with Crippen LogP contribution >= 0.6 is 11.8 Å². The maximum Gasteiger partial charge on any atom is 0.238 e. The van der Waals surface area contributed by atoms with Crippen molar-refractivity contribution in [2.24, 2.45) is 5.14 Å². The number of sulfonamides is 1. The Morgan fingerprint density at radius 3 is 2.53 bits per heavy atom. The van der Waals surface area contributed by atoms with Gasteiger partial charge in [-0.05, 0) is 30.4 Å². The van der Waals surface area contributed by atoms with Gasteiger partial charge in [0.15, 0.2) is 0 Å². The van der Waals surface area contributed by atoms with E-state index in [1.807, 2.05) is 0 Å². The van der Waals surface area contributed by atoms with Crippen molar-refractivity contribution in [2.45, 2.75) is 36.0 Å². The Morgan fingerprint density at radius 2 is 2.00 bits per heavy atom. The molecule has 0 spiro atoms. The molecule has 0 fully saturated rings. The molecule has 4 nitrogen and oxygen atoms in total. The number of hydrogen-bond acceptors (Lipinski definition) is 4. The average Bonchev–Trinajstić information content (AvgIpc) is 2.24. The van der Waals surface area contributed by atoms with E-state index in [4.69, 9.17) is 10.9 Å². The Morgan fingerprint density at radius 1 is 1.29 bits per heavy atom. The molecular weight excluding hydrogens is 256 g/mol. The lowest BCUT2D eigenvalue weighted by Crippen LogP contribution is -2.12. The van der Waals surface area contributed by atoms with Gasteiger partial charge in [0.1, 0.15) is 0 Å². The third-order valence-electron chi connectivity index (χ3n) is 2.32. The smallest absolute Gasteiger partial charge is 0.238 e. The fourth-order valence-electron chi connectivity index (χ4n) is 1.37. The highest BCUT2D eigenvalue weighted by molar-refractivity contribution is 7.99. The Bertz CT molecular complexity index is 472. The first-order chi connectivity index (χ1) is 7.95. The number of anilines is 1. The van der Waals surface area contributed by atoms with E-state index in [9.17, 15) is 8.42 Å². The molecule has 6 heteroatoms. The number of benzene rings is 1. The van der Waals surface area contributed by atoms with Crippen LogP contribution in [0.4, 0.5) is 5.69 Å². The highest BCUT2D eigenvalue weighted by Gasteiger charge is 2.09. The summed E-state index contributed by atoms with van der Waals surface area (Å²) in [6.07, 6.45) is 3.51. The predicted molar refractivity (Wildman–Crippen MR) is 72.5 cm³/mol. The minimum Gasteiger partial charge on any atom is -0.398 e. The van der Waals surface area contributed by atoms with Crippen molar-refractivity contribution in [3.05, 3.63) is 18.2 Å². The summed E-state index contributed by atoms with van der Waals surface area (Å²) in [4.78, 5) is 0.974. The lowest BCUT2D eigenvalue weighted by molar-refractivity contribution is 0.598. The second-order valence-electron chi connectivity index (χ2n) is 3.80. The third kappa shape index (κ3) is 4.57. The van der Waals surface area contributed by atoms with Crippen LogP contribution in [0.15, 0.2) is 28.0 Å². The Kier molecular flexibility index (Phi) is 5.30. The van der Waals surface area contributed by atoms with Crippen LogP contribution in [0.2, 0.25) is 0 Å². The fraction of sp³-hybridized carbons (Fsp3) is 0.455. The van der Waals surface area contributed by atoms with Crippen molar-refractivity contribution < 1.29 is 8.42 Å². The van der Waals surface area contributed by atoms with Gasteiger partial charge in [0, 0.05) is 10.6 Å². The molecule has 0 unspecified atom stereocenters. The maximum absolute atomic E-state index is 11.1. The third-order valence-corrected chi connectivity index (χ3v) is 4.40. The Hall–Kier alpha value is -0.720. The van der Waals surface area contributed by atoms with Gasteiger partial charge in [0.05, 0.1) is 4.90 Å². The molecule has 0 heterocycles. The quantitative estimate of drug-likeness (QED) is 0.473. The molecule has 1 aromatic carbocycles. The minimum absolute atomic E-state index is 0.0629. The van der Waals surface area contributed by atoms with Crippen molar-refractivity contribution in [2.75, 3.05) is 11.5 Å². The van der Waals surface area contributed by atoms with E-state index < -0.39 is 10.0 Å². The van der Waals surface area contributed by atoms with Crippen molar-refractivity contribution >= 4 is 27.5 Å². The van der Waals surface area contributed by atoms with Crippen LogP contribution in [0.1, 0.15) is 26.2 Å². The predicted octanol–water partition coefficient (Wildman–Crippen LogP) is 2.20. The molecule has 1 aromatic rings. The standard InChI is InChI=1S/C11H18N2O2S2/c1-2-3-4-7-16-11-6-5-9(8-10(11)12)17(13,14)15/h5-6,8H,2-4,7,12H2,1H3,(H2,13,14,15). The van der Waals surface area contributed by atoms with Crippen molar-refractivity contribution in [1.29, 1.82) is 0 Å². The highest BCUT2D eigenvalue weighted by atomic mass is 32.2. The van der Waals surface area contributed by atoms with Crippen LogP contribution in [-0.4, -0.2) is 14.2 Å². The van der Waals surface area contributed by atoms with Gasteiger partial charge in [0.25, 0.3) is 0 Å². The van der Waals surface area contributed by atoms with E-state index in [-0.39, 0.29) is 4.90 Å². The van der Waals surface area contributed by atoms with Crippen molar-refractivity contribution in [3.8, 4) is 0 Å². The SMILES string of the molecule is CCCCCSc1ccc(S(N)(=O)=O)cc1N. The van der Waals surface area contributed by atoms with Gasteiger partial charge in [-0.2, -0.15) is 0 Å². The van der Waals surface area contributed by atoms with E-state index in [2.05, 4.69) is 6.92 Å². The van der Waals surface area contributed by atoms with E-state index in [1.54, 1.807) is 17.8 Å². The number of hydrogen-bond donors (Lipinski definition) is 2. The van der Waals surface area contributed by atoms with Crippen LogP contribution in [0.25, 0.3) is 0 Å². The van der Waals surface area contributed by atoms with Gasteiger partial charge < -0.3 is 5.73 Å². The van der Waals surface area contributed by atoms with Crippen molar-refractivity contribution in [3.63, 3.8) is 0 Å². The van der Waals surface area contributed by atoms with E-state index in [0.29, 0.717) is 5.69 Å². The van der Waals surface area contributed by atoms with Crippen LogP contribution in [-0.2, 0) is 10.0 Å². The summed E-state index contributed by atoms with van der Waals surface area (Å²) >= 11 is 1.65. The molecule has 0 atom stereocenters. The molecular formula is C11H18N2O2S2. The molecule has 4 N–H and O–H groups in total. The molecule has 0 aliphatic carbocycles. The Labute approximate surface area is 107 Å². The number of rotatable bonds is 6. The molecule has 0 saturated heterocycles. The molecule has 96 valence electrons. The zero-order valence-corrected chi connectivity index (χ0v) is 11.5. The normalized spacial score (nSPS) is 11.6. The van der Waals surface area contributed by atoms with Crippen LogP contribution < -0.4 is 10.9 Å². The van der Waals surface area contributed by atoms with Crippen LogP contribution in [0.5, 0.6) is 0 Å².